The molecule has 1 aliphatic heterocycles. The van der Waals surface area contributed by atoms with Gasteiger partial charge in [-0.25, -0.2) is 9.97 Å². The molecule has 2 heterocycles. The third-order valence-electron chi connectivity index (χ3n) is 4.29. The molecular weight excluding hydrogens is 302 g/mol. The van der Waals surface area contributed by atoms with Gasteiger partial charge in [0.15, 0.2) is 0 Å². The van der Waals surface area contributed by atoms with Crippen LogP contribution in [0.25, 0.3) is 0 Å². The van der Waals surface area contributed by atoms with Gasteiger partial charge in [-0.3, -0.25) is 4.79 Å². The summed E-state index contributed by atoms with van der Waals surface area (Å²) in [6.07, 6.45) is 2.49. The van der Waals surface area contributed by atoms with Gasteiger partial charge >= 0.3 is 0 Å². The van der Waals surface area contributed by atoms with Crippen LogP contribution in [0.3, 0.4) is 0 Å². The fraction of sp³-hybridized carbons (Fsp3) is 0.389. The highest BCUT2D eigenvalue weighted by Crippen LogP contribution is 2.27. The summed E-state index contributed by atoms with van der Waals surface area (Å²) in [5.41, 5.74) is 2.33. The van der Waals surface area contributed by atoms with E-state index in [0.29, 0.717) is 5.92 Å². The number of carbonyl (C=O) groups excluding carboxylic acids is 1. The van der Waals surface area contributed by atoms with E-state index in [1.54, 1.807) is 11.2 Å². The van der Waals surface area contributed by atoms with Crippen LogP contribution in [0.1, 0.15) is 25.3 Å². The Morgan fingerprint density at radius 2 is 1.88 bits per heavy atom. The molecule has 0 radical (unpaired) electrons. The fourth-order valence-electron chi connectivity index (χ4n) is 2.90. The number of aromatic nitrogens is 2. The summed E-state index contributed by atoms with van der Waals surface area (Å²) in [7, 11) is 0. The average molecular weight is 325 g/mol. The van der Waals surface area contributed by atoms with Crippen LogP contribution in [-0.2, 0) is 4.79 Å². The molecule has 0 aliphatic carbocycles. The van der Waals surface area contributed by atoms with Crippen molar-refractivity contribution in [2.45, 2.75) is 19.8 Å². The molecule has 1 aromatic heterocycles. The Balaban J connectivity index is 1.76. The van der Waals surface area contributed by atoms with Gasteiger partial charge in [0, 0.05) is 37.9 Å². The smallest absolute Gasteiger partial charge is 0.209 e. The van der Waals surface area contributed by atoms with Gasteiger partial charge in [-0.1, -0.05) is 32.0 Å². The van der Waals surface area contributed by atoms with Gasteiger partial charge in [0.2, 0.25) is 6.41 Å². The van der Waals surface area contributed by atoms with Gasteiger partial charge < -0.3 is 15.1 Å². The zero-order valence-electron chi connectivity index (χ0n) is 14.1. The van der Waals surface area contributed by atoms with Gasteiger partial charge in [0.05, 0.1) is 0 Å². The Morgan fingerprint density at radius 1 is 1.12 bits per heavy atom. The quantitative estimate of drug-likeness (QED) is 0.856. The number of nitrogens with one attached hydrogen (secondary N) is 1. The molecule has 1 fully saturated rings. The maximum Gasteiger partial charge on any atom is 0.209 e. The molecular formula is C18H23N5O. The maximum atomic E-state index is 10.8. The predicted molar refractivity (Wildman–Crippen MR) is 95.7 cm³/mol. The first-order chi connectivity index (χ1) is 11.7. The van der Waals surface area contributed by atoms with Crippen molar-refractivity contribution in [2.75, 3.05) is 36.4 Å². The molecule has 1 saturated heterocycles. The monoisotopic (exact) mass is 325 g/mol. The fourth-order valence-corrected chi connectivity index (χ4v) is 2.90. The molecule has 3 rings (SSSR count). The van der Waals surface area contributed by atoms with Crippen molar-refractivity contribution in [1.82, 2.24) is 14.9 Å². The third kappa shape index (κ3) is 3.64. The van der Waals surface area contributed by atoms with Crippen LogP contribution in [-0.4, -0.2) is 47.5 Å². The number of para-hydroxylation sites is 1. The standard InChI is InChI=1S/C18H23N5O/c1-14(2)15-5-3-4-6-16(15)21-17-11-18(20-12-19-17)23-9-7-22(13-24)8-10-23/h3-6,11-14H,7-10H2,1-2H3,(H,19,20,21). The van der Waals surface area contributed by atoms with E-state index < -0.39 is 0 Å². The first kappa shape index (κ1) is 16.2. The van der Waals surface area contributed by atoms with Crippen molar-refractivity contribution in [3.63, 3.8) is 0 Å². The SMILES string of the molecule is CC(C)c1ccccc1Nc1cc(N2CCN(C=O)CC2)ncn1. The molecule has 0 bridgehead atoms. The number of rotatable bonds is 5. The number of nitrogens with zero attached hydrogens (tertiary/aromatic N) is 4. The lowest BCUT2D eigenvalue weighted by Crippen LogP contribution is -2.46. The van der Waals surface area contributed by atoms with Crippen molar-refractivity contribution in [2.24, 2.45) is 0 Å². The molecule has 1 aliphatic rings. The second-order valence-electron chi connectivity index (χ2n) is 6.26. The van der Waals surface area contributed by atoms with E-state index in [0.717, 1.165) is 49.9 Å². The number of hydrogen-bond donors (Lipinski definition) is 1. The highest BCUT2D eigenvalue weighted by molar-refractivity contribution is 5.63. The van der Waals surface area contributed by atoms with Crippen LogP contribution in [0.4, 0.5) is 17.3 Å². The Kier molecular flexibility index (Phi) is 4.93. The van der Waals surface area contributed by atoms with Crippen LogP contribution < -0.4 is 10.2 Å². The lowest BCUT2D eigenvalue weighted by Gasteiger charge is -2.33. The molecule has 0 unspecified atom stereocenters. The second kappa shape index (κ2) is 7.29. The number of hydrogen-bond acceptors (Lipinski definition) is 5. The van der Waals surface area contributed by atoms with E-state index in [2.05, 4.69) is 52.2 Å². The summed E-state index contributed by atoms with van der Waals surface area (Å²) in [5.74, 6) is 2.11. The first-order valence-electron chi connectivity index (χ1n) is 8.29. The Labute approximate surface area is 142 Å². The summed E-state index contributed by atoms with van der Waals surface area (Å²) >= 11 is 0. The van der Waals surface area contributed by atoms with Crippen molar-refractivity contribution >= 4 is 23.7 Å². The summed E-state index contributed by atoms with van der Waals surface area (Å²) in [6, 6.07) is 10.2. The van der Waals surface area contributed by atoms with Crippen LogP contribution in [0.15, 0.2) is 36.7 Å². The highest BCUT2D eigenvalue weighted by atomic mass is 16.1. The molecule has 6 heteroatoms. The van der Waals surface area contributed by atoms with Crippen LogP contribution in [0, 0.1) is 0 Å². The van der Waals surface area contributed by atoms with Gasteiger partial charge in [0.1, 0.15) is 18.0 Å². The maximum absolute atomic E-state index is 10.8. The summed E-state index contributed by atoms with van der Waals surface area (Å²) in [5, 5.41) is 3.41. The number of benzene rings is 1. The van der Waals surface area contributed by atoms with E-state index >= 15 is 0 Å². The normalized spacial score (nSPS) is 14.8. The summed E-state index contributed by atoms with van der Waals surface area (Å²) < 4.78 is 0. The zero-order chi connectivity index (χ0) is 16.9. The molecule has 0 saturated carbocycles. The molecule has 126 valence electrons. The molecule has 6 nitrogen and oxygen atoms in total. The van der Waals surface area contributed by atoms with Gasteiger partial charge in [0.25, 0.3) is 0 Å². The molecule has 2 aromatic rings. The summed E-state index contributed by atoms with van der Waals surface area (Å²) in [6.45, 7) is 7.39. The van der Waals surface area contributed by atoms with Crippen LogP contribution in [0.2, 0.25) is 0 Å². The topological polar surface area (TPSA) is 61.4 Å². The van der Waals surface area contributed by atoms with Gasteiger partial charge in [-0.05, 0) is 17.5 Å². The van der Waals surface area contributed by atoms with E-state index in [1.165, 1.54) is 5.56 Å². The molecule has 0 atom stereocenters. The Morgan fingerprint density at radius 3 is 2.58 bits per heavy atom. The van der Waals surface area contributed by atoms with Crippen LogP contribution in [0.5, 0.6) is 0 Å². The zero-order valence-corrected chi connectivity index (χ0v) is 14.1. The minimum absolute atomic E-state index is 0.437. The minimum Gasteiger partial charge on any atom is -0.353 e. The molecule has 0 spiro atoms. The second-order valence-corrected chi connectivity index (χ2v) is 6.26. The first-order valence-corrected chi connectivity index (χ1v) is 8.29. The van der Waals surface area contributed by atoms with Crippen molar-refractivity contribution in [1.29, 1.82) is 0 Å². The van der Waals surface area contributed by atoms with Gasteiger partial charge in [-0.15, -0.1) is 0 Å². The molecule has 24 heavy (non-hydrogen) atoms. The van der Waals surface area contributed by atoms with Crippen molar-refractivity contribution in [3.05, 3.63) is 42.2 Å². The van der Waals surface area contributed by atoms with E-state index in [4.69, 9.17) is 0 Å². The Bertz CT molecular complexity index is 695. The highest BCUT2D eigenvalue weighted by Gasteiger charge is 2.17. The van der Waals surface area contributed by atoms with Gasteiger partial charge in [-0.2, -0.15) is 0 Å². The molecule has 1 aromatic carbocycles. The largest absolute Gasteiger partial charge is 0.353 e. The number of anilines is 3. The van der Waals surface area contributed by atoms with Crippen molar-refractivity contribution in [3.8, 4) is 0 Å². The molecule has 1 amide bonds. The van der Waals surface area contributed by atoms with Crippen molar-refractivity contribution < 1.29 is 4.79 Å². The predicted octanol–water partition coefficient (Wildman–Crippen LogP) is 2.62. The van der Waals surface area contributed by atoms with E-state index in [-0.39, 0.29) is 0 Å². The molecule has 1 N–H and O–H groups in total. The van der Waals surface area contributed by atoms with Crippen LogP contribution >= 0.6 is 0 Å². The number of piperazine rings is 1. The van der Waals surface area contributed by atoms with E-state index in [9.17, 15) is 4.79 Å². The lowest BCUT2D eigenvalue weighted by atomic mass is 10.0. The third-order valence-corrected chi connectivity index (χ3v) is 4.29. The van der Waals surface area contributed by atoms with E-state index in [1.807, 2.05) is 12.1 Å². The number of amides is 1. The Hall–Kier alpha value is -2.63. The average Bonchev–Trinajstić information content (AvgIpc) is 2.62. The number of carbonyl (C=O) groups is 1. The lowest BCUT2D eigenvalue weighted by molar-refractivity contribution is -0.118. The summed E-state index contributed by atoms with van der Waals surface area (Å²) in [4.78, 5) is 23.5. The minimum atomic E-state index is 0.437.